The smallest absolute Gasteiger partial charge is 0.178 e. The van der Waals surface area contributed by atoms with Crippen molar-refractivity contribution in [3.05, 3.63) is 70.7 Å². The van der Waals surface area contributed by atoms with Crippen LogP contribution in [0.1, 0.15) is 68.0 Å². The Bertz CT molecular complexity index is 1380. The number of rotatable bonds is 7. The van der Waals surface area contributed by atoms with Gasteiger partial charge in [-0.3, -0.25) is 4.90 Å². The summed E-state index contributed by atoms with van der Waals surface area (Å²) in [4.78, 5) is 16.0. The Kier molecular flexibility index (Phi) is 8.22. The number of aromatic nitrogens is 2. The molecule has 1 aromatic heterocycles. The average molecular weight is 562 g/mol. The van der Waals surface area contributed by atoms with Gasteiger partial charge in [-0.05, 0) is 107 Å². The minimum Gasteiger partial charge on any atom is -0.486 e. The first kappa shape index (κ1) is 28.0. The van der Waals surface area contributed by atoms with Crippen molar-refractivity contribution in [1.82, 2.24) is 19.8 Å². The van der Waals surface area contributed by atoms with Crippen molar-refractivity contribution >= 4 is 5.69 Å². The number of ether oxygens (including phenoxy) is 1. The van der Waals surface area contributed by atoms with Crippen LogP contribution in [-0.4, -0.2) is 72.2 Å². The van der Waals surface area contributed by atoms with E-state index in [1.54, 1.807) is 6.07 Å². The van der Waals surface area contributed by atoms with E-state index >= 15 is 8.78 Å². The number of nitrogens with zero attached hydrogens (tertiary/aromatic N) is 5. The highest BCUT2D eigenvalue weighted by atomic mass is 19.1. The van der Waals surface area contributed by atoms with Gasteiger partial charge in [-0.1, -0.05) is 18.2 Å². The van der Waals surface area contributed by atoms with Crippen molar-refractivity contribution < 1.29 is 13.5 Å². The van der Waals surface area contributed by atoms with Crippen molar-refractivity contribution in [2.24, 2.45) is 0 Å². The third-order valence-corrected chi connectivity index (χ3v) is 8.92. The number of hydrogen-bond donors (Lipinski definition) is 0. The van der Waals surface area contributed by atoms with Crippen molar-refractivity contribution in [1.29, 1.82) is 0 Å². The van der Waals surface area contributed by atoms with E-state index in [2.05, 4.69) is 63.8 Å². The van der Waals surface area contributed by atoms with Crippen molar-refractivity contribution in [2.75, 3.05) is 51.3 Å². The van der Waals surface area contributed by atoms with E-state index in [0.717, 1.165) is 38.3 Å². The molecule has 2 fully saturated rings. The highest BCUT2D eigenvalue weighted by Gasteiger charge is 2.26. The molecule has 0 atom stereocenters. The highest BCUT2D eigenvalue weighted by molar-refractivity contribution is 5.72. The number of piperidine rings is 1. The monoisotopic (exact) mass is 561 g/mol. The summed E-state index contributed by atoms with van der Waals surface area (Å²) in [6, 6.07) is 10.1. The molecule has 8 heteroatoms. The molecule has 0 saturated carbocycles. The zero-order valence-electron chi connectivity index (χ0n) is 24.5. The number of hydrogen-bond acceptors (Lipinski definition) is 6. The maximum absolute atomic E-state index is 15.1. The lowest BCUT2D eigenvalue weighted by Crippen LogP contribution is -2.38. The van der Waals surface area contributed by atoms with Gasteiger partial charge in [-0.25, -0.2) is 18.7 Å². The number of halogens is 2. The molecule has 3 aromatic rings. The molecule has 0 radical (unpaired) electrons. The highest BCUT2D eigenvalue weighted by Crippen LogP contribution is 2.39. The van der Waals surface area contributed by atoms with E-state index in [4.69, 9.17) is 4.74 Å². The summed E-state index contributed by atoms with van der Waals surface area (Å²) < 4.78 is 35.9. The molecule has 0 bridgehead atoms. The van der Waals surface area contributed by atoms with Gasteiger partial charge in [0.1, 0.15) is 18.1 Å². The van der Waals surface area contributed by atoms with E-state index in [1.165, 1.54) is 49.1 Å². The first-order chi connectivity index (χ1) is 19.9. The normalized spacial score (nSPS) is 18.6. The Hall–Kier alpha value is -3.10. The van der Waals surface area contributed by atoms with Gasteiger partial charge < -0.3 is 14.5 Å². The van der Waals surface area contributed by atoms with E-state index in [-0.39, 0.29) is 17.5 Å². The molecule has 4 heterocycles. The Morgan fingerprint density at radius 3 is 2.51 bits per heavy atom. The molecule has 3 aliphatic heterocycles. The fraction of sp³-hybridized carbons (Fsp3) is 0.515. The Labute approximate surface area is 242 Å². The van der Waals surface area contributed by atoms with Crippen LogP contribution >= 0.6 is 0 Å². The van der Waals surface area contributed by atoms with Gasteiger partial charge in [0.15, 0.2) is 17.4 Å². The van der Waals surface area contributed by atoms with Crippen LogP contribution < -0.4 is 9.64 Å². The Morgan fingerprint density at radius 1 is 0.976 bits per heavy atom. The topological polar surface area (TPSA) is 44.7 Å². The van der Waals surface area contributed by atoms with Crippen molar-refractivity contribution in [3.63, 3.8) is 0 Å². The first-order valence-corrected chi connectivity index (χ1v) is 15.1. The molecule has 0 N–H and O–H groups in total. The van der Waals surface area contributed by atoms with Crippen molar-refractivity contribution in [2.45, 2.75) is 64.5 Å². The second-order valence-electron chi connectivity index (χ2n) is 12.2. The van der Waals surface area contributed by atoms with Crippen LogP contribution in [0.15, 0.2) is 36.5 Å². The lowest BCUT2D eigenvalue weighted by atomic mass is 9.85. The number of fused-ring (bicyclic) bond motifs is 1. The molecule has 2 aromatic carbocycles. The van der Waals surface area contributed by atoms with Gasteiger partial charge in [0.25, 0.3) is 0 Å². The summed E-state index contributed by atoms with van der Waals surface area (Å²) in [7, 11) is 2.20. The average Bonchev–Trinajstić information content (AvgIpc) is 3.47. The largest absolute Gasteiger partial charge is 0.486 e. The SMILES string of the molecule is CC(C)N1CCOc2c(F)cc(-c3nc(Cc4ccc(C5CCN(C)CC5)c(CN5CCCC5)c4)ncc3F)cc21. The maximum atomic E-state index is 15.1. The van der Waals surface area contributed by atoms with Crippen LogP contribution in [0, 0.1) is 11.6 Å². The predicted octanol–water partition coefficient (Wildman–Crippen LogP) is 6.02. The maximum Gasteiger partial charge on any atom is 0.178 e. The van der Waals surface area contributed by atoms with E-state index in [1.807, 2.05) is 0 Å². The molecular formula is C33H41F2N5O. The van der Waals surface area contributed by atoms with Gasteiger partial charge in [-0.2, -0.15) is 0 Å². The third-order valence-electron chi connectivity index (χ3n) is 8.92. The molecule has 0 unspecified atom stereocenters. The van der Waals surface area contributed by atoms with Gasteiger partial charge in [-0.15, -0.1) is 0 Å². The third kappa shape index (κ3) is 6.09. The fourth-order valence-corrected chi connectivity index (χ4v) is 6.65. The molecular weight excluding hydrogens is 520 g/mol. The van der Waals surface area contributed by atoms with Crippen LogP contribution in [0.5, 0.6) is 5.75 Å². The molecule has 2 saturated heterocycles. The van der Waals surface area contributed by atoms with E-state index in [9.17, 15) is 0 Å². The summed E-state index contributed by atoms with van der Waals surface area (Å²) >= 11 is 0. The number of benzene rings is 2. The molecule has 6 rings (SSSR count). The predicted molar refractivity (Wildman–Crippen MR) is 159 cm³/mol. The first-order valence-electron chi connectivity index (χ1n) is 15.1. The molecule has 0 spiro atoms. The second kappa shape index (κ2) is 12.0. The summed E-state index contributed by atoms with van der Waals surface area (Å²) in [5, 5.41) is 0. The summed E-state index contributed by atoms with van der Waals surface area (Å²) in [6.07, 6.45) is 6.60. The summed E-state index contributed by atoms with van der Waals surface area (Å²) in [6.45, 7) is 10.7. The minimum absolute atomic E-state index is 0.117. The van der Waals surface area contributed by atoms with Crippen LogP contribution in [-0.2, 0) is 13.0 Å². The standard InChI is InChI=1S/C33H41F2N5O/c1-22(2)40-14-15-41-33-28(34)18-25(19-30(33)40)32-29(35)20-36-31(37-32)17-23-6-7-27(24-8-12-38(3)13-9-24)26(16-23)21-39-10-4-5-11-39/h6-7,16,18-20,22,24H,4-5,8-15,17,21H2,1-3H3. The molecule has 3 aliphatic rings. The molecule has 41 heavy (non-hydrogen) atoms. The number of anilines is 1. The zero-order chi connectivity index (χ0) is 28.5. The summed E-state index contributed by atoms with van der Waals surface area (Å²) in [5.41, 5.74) is 5.13. The van der Waals surface area contributed by atoms with Gasteiger partial charge >= 0.3 is 0 Å². The van der Waals surface area contributed by atoms with Crippen molar-refractivity contribution in [3.8, 4) is 17.0 Å². The fourth-order valence-electron chi connectivity index (χ4n) is 6.65. The van der Waals surface area contributed by atoms with Crippen LogP contribution in [0.25, 0.3) is 11.3 Å². The van der Waals surface area contributed by atoms with Crippen LogP contribution in [0.4, 0.5) is 14.5 Å². The minimum atomic E-state index is -0.562. The van der Waals surface area contributed by atoms with Crippen LogP contribution in [0.3, 0.4) is 0 Å². The molecule has 0 aliphatic carbocycles. The van der Waals surface area contributed by atoms with Gasteiger partial charge in [0, 0.05) is 24.6 Å². The molecule has 6 nitrogen and oxygen atoms in total. The van der Waals surface area contributed by atoms with Gasteiger partial charge in [0.2, 0.25) is 0 Å². The molecule has 218 valence electrons. The number of likely N-dealkylation sites (tertiary alicyclic amines) is 2. The summed E-state index contributed by atoms with van der Waals surface area (Å²) in [5.74, 6) is 0.265. The van der Waals surface area contributed by atoms with Crippen LogP contribution in [0.2, 0.25) is 0 Å². The van der Waals surface area contributed by atoms with E-state index < -0.39 is 11.6 Å². The Morgan fingerprint density at radius 2 is 1.76 bits per heavy atom. The van der Waals surface area contributed by atoms with E-state index in [0.29, 0.717) is 42.6 Å². The van der Waals surface area contributed by atoms with Gasteiger partial charge in [0.05, 0.1) is 18.4 Å². The second-order valence-corrected chi connectivity index (χ2v) is 12.2. The Balaban J connectivity index is 1.29. The lowest BCUT2D eigenvalue weighted by Gasteiger charge is -2.34. The quantitative estimate of drug-likeness (QED) is 0.351. The lowest BCUT2D eigenvalue weighted by molar-refractivity contribution is 0.253. The molecule has 0 amide bonds. The zero-order valence-corrected chi connectivity index (χ0v) is 24.5.